The highest BCUT2D eigenvalue weighted by Crippen LogP contribution is 2.27. The van der Waals surface area contributed by atoms with E-state index in [4.69, 9.17) is 5.73 Å². The van der Waals surface area contributed by atoms with E-state index in [0.29, 0.717) is 16.5 Å². The van der Waals surface area contributed by atoms with E-state index in [1.165, 1.54) is 11.8 Å². The van der Waals surface area contributed by atoms with Gasteiger partial charge < -0.3 is 15.4 Å². The molecule has 0 aliphatic heterocycles. The molecule has 7 heteroatoms. The first kappa shape index (κ1) is 15.1. The third-order valence-electron chi connectivity index (χ3n) is 3.84. The van der Waals surface area contributed by atoms with Crippen LogP contribution in [-0.2, 0) is 6.54 Å². The predicted molar refractivity (Wildman–Crippen MR) is 81.6 cm³/mol. The summed E-state index contributed by atoms with van der Waals surface area (Å²) in [5.41, 5.74) is 7.23. The van der Waals surface area contributed by atoms with E-state index < -0.39 is 0 Å². The molecule has 0 aliphatic rings. The molecular weight excluding hydrogens is 274 g/mol. The lowest BCUT2D eigenvalue weighted by Crippen LogP contribution is -2.22. The molecule has 1 unspecified atom stereocenters. The van der Waals surface area contributed by atoms with Gasteiger partial charge in [0.05, 0.1) is 6.33 Å². The molecule has 0 fully saturated rings. The maximum atomic E-state index is 9.48. The fraction of sp³-hybridized carbons (Fsp3) is 0.615. The number of hydrogen-bond donors (Lipinski definition) is 2. The summed E-state index contributed by atoms with van der Waals surface area (Å²) in [7, 11) is 0. The van der Waals surface area contributed by atoms with Crippen molar-refractivity contribution in [2.24, 2.45) is 5.41 Å². The van der Waals surface area contributed by atoms with Gasteiger partial charge in [-0.25, -0.2) is 15.0 Å². The van der Waals surface area contributed by atoms with Crippen molar-refractivity contribution < 1.29 is 5.11 Å². The normalized spacial score (nSPS) is 14.6. The van der Waals surface area contributed by atoms with Crippen LogP contribution in [0.15, 0.2) is 11.5 Å². The first-order valence-corrected chi connectivity index (χ1v) is 7.88. The van der Waals surface area contributed by atoms with Crippen LogP contribution in [0.3, 0.4) is 0 Å². The van der Waals surface area contributed by atoms with Crippen LogP contribution in [0.25, 0.3) is 11.2 Å². The van der Waals surface area contributed by atoms with Gasteiger partial charge in [0.2, 0.25) is 0 Å². The van der Waals surface area contributed by atoms with Crippen LogP contribution in [0, 0.1) is 5.41 Å². The number of fused-ring (bicyclic) bond motifs is 1. The summed E-state index contributed by atoms with van der Waals surface area (Å²) in [5, 5.41) is 10.1. The number of nitrogens with zero attached hydrogens (tertiary/aromatic N) is 4. The van der Waals surface area contributed by atoms with Gasteiger partial charge in [-0.2, -0.15) is 0 Å². The van der Waals surface area contributed by atoms with Crippen LogP contribution in [0.4, 0.5) is 5.82 Å². The number of anilines is 1. The van der Waals surface area contributed by atoms with Crippen LogP contribution >= 0.6 is 11.8 Å². The maximum Gasteiger partial charge on any atom is 0.191 e. The summed E-state index contributed by atoms with van der Waals surface area (Å²) < 4.78 is 1.98. The number of imidazole rings is 1. The molecule has 2 rings (SSSR count). The molecule has 110 valence electrons. The lowest BCUT2D eigenvalue weighted by atomic mass is 9.85. The average Bonchev–Trinajstić information content (AvgIpc) is 2.88. The van der Waals surface area contributed by atoms with E-state index in [-0.39, 0.29) is 12.0 Å². The van der Waals surface area contributed by atoms with Crippen molar-refractivity contribution in [1.82, 2.24) is 19.5 Å². The quantitative estimate of drug-likeness (QED) is 0.625. The zero-order chi connectivity index (χ0) is 14.8. The molecule has 0 amide bonds. The monoisotopic (exact) mass is 295 g/mol. The van der Waals surface area contributed by atoms with Gasteiger partial charge in [-0.3, -0.25) is 0 Å². The topological polar surface area (TPSA) is 89.8 Å². The third-order valence-corrected chi connectivity index (χ3v) is 4.39. The second-order valence-electron chi connectivity index (χ2n) is 5.28. The molecule has 0 bridgehead atoms. The Morgan fingerprint density at radius 2 is 2.20 bits per heavy atom. The van der Waals surface area contributed by atoms with Crippen molar-refractivity contribution in [3.05, 3.63) is 6.33 Å². The Bertz CT molecular complexity index is 594. The molecule has 6 nitrogen and oxygen atoms in total. The van der Waals surface area contributed by atoms with Gasteiger partial charge >= 0.3 is 0 Å². The molecular formula is C13H21N5OS. The highest BCUT2D eigenvalue weighted by atomic mass is 32.2. The minimum atomic E-state index is -0.0719. The predicted octanol–water partition coefficient (Wildman–Crippen LogP) is 1.93. The summed E-state index contributed by atoms with van der Waals surface area (Å²) in [5.74, 6) is 0.415. The second kappa shape index (κ2) is 5.97. The minimum Gasteiger partial charge on any atom is -0.396 e. The number of rotatable bonds is 6. The fourth-order valence-electron chi connectivity index (χ4n) is 1.96. The molecule has 0 aromatic carbocycles. The molecule has 20 heavy (non-hydrogen) atoms. The van der Waals surface area contributed by atoms with E-state index in [0.717, 1.165) is 25.0 Å². The van der Waals surface area contributed by atoms with Crippen LogP contribution in [0.5, 0.6) is 0 Å². The molecule has 0 spiro atoms. The first-order valence-electron chi connectivity index (χ1n) is 6.66. The molecule has 2 heterocycles. The lowest BCUT2D eigenvalue weighted by Gasteiger charge is -2.25. The number of aryl methyl sites for hydroxylation is 1. The van der Waals surface area contributed by atoms with Gasteiger partial charge in [-0.1, -0.05) is 25.6 Å². The molecule has 0 saturated heterocycles. The molecule has 2 aromatic heterocycles. The number of thioether (sulfide) groups is 1. The van der Waals surface area contributed by atoms with Crippen molar-refractivity contribution in [3.8, 4) is 0 Å². The van der Waals surface area contributed by atoms with E-state index >= 15 is 0 Å². The van der Waals surface area contributed by atoms with Gasteiger partial charge in [0, 0.05) is 13.2 Å². The SMILES string of the molecule is CCC(C)(CO)CCn1cnc2c(N)nc(SC)nc21. The highest BCUT2D eigenvalue weighted by Gasteiger charge is 2.21. The average molecular weight is 295 g/mol. The minimum absolute atomic E-state index is 0.0719. The molecule has 0 aliphatic carbocycles. The summed E-state index contributed by atoms with van der Waals surface area (Å²) in [4.78, 5) is 13.0. The summed E-state index contributed by atoms with van der Waals surface area (Å²) in [6.07, 6.45) is 5.46. The van der Waals surface area contributed by atoms with Gasteiger partial charge in [0.15, 0.2) is 16.6 Å². The largest absolute Gasteiger partial charge is 0.396 e. The first-order chi connectivity index (χ1) is 9.53. The number of aliphatic hydroxyl groups excluding tert-OH is 1. The van der Waals surface area contributed by atoms with Crippen molar-refractivity contribution in [2.45, 2.75) is 38.4 Å². The smallest absolute Gasteiger partial charge is 0.191 e. The van der Waals surface area contributed by atoms with E-state index in [1.807, 2.05) is 10.8 Å². The Morgan fingerprint density at radius 3 is 2.80 bits per heavy atom. The third kappa shape index (κ3) is 2.88. The molecule has 1 atom stereocenters. The highest BCUT2D eigenvalue weighted by molar-refractivity contribution is 7.98. The molecule has 0 saturated carbocycles. The summed E-state index contributed by atoms with van der Waals surface area (Å²) in [6, 6.07) is 0. The van der Waals surface area contributed by atoms with Crippen LogP contribution in [0.1, 0.15) is 26.7 Å². The Morgan fingerprint density at radius 1 is 1.45 bits per heavy atom. The van der Waals surface area contributed by atoms with Crippen LogP contribution in [0.2, 0.25) is 0 Å². The number of hydrogen-bond acceptors (Lipinski definition) is 6. The number of nitrogen functional groups attached to an aromatic ring is 1. The zero-order valence-electron chi connectivity index (χ0n) is 12.1. The number of nitrogens with two attached hydrogens (primary N) is 1. The van der Waals surface area contributed by atoms with E-state index in [9.17, 15) is 5.11 Å². The van der Waals surface area contributed by atoms with Crippen molar-refractivity contribution in [1.29, 1.82) is 0 Å². The molecule has 2 aromatic rings. The number of aliphatic hydroxyl groups is 1. The molecule has 3 N–H and O–H groups in total. The number of aromatic nitrogens is 4. The lowest BCUT2D eigenvalue weighted by molar-refractivity contribution is 0.123. The maximum absolute atomic E-state index is 9.48. The Labute approximate surface area is 122 Å². The van der Waals surface area contributed by atoms with Crippen molar-refractivity contribution >= 4 is 28.7 Å². The van der Waals surface area contributed by atoms with Crippen LogP contribution in [-0.4, -0.2) is 37.5 Å². The summed E-state index contributed by atoms with van der Waals surface area (Å²) in [6.45, 7) is 5.12. The standard InChI is InChI=1S/C13H21N5OS/c1-4-13(2,7-19)5-6-18-8-15-9-10(14)16-12(20-3)17-11(9)18/h8,19H,4-7H2,1-3H3,(H2,14,16,17). The Kier molecular flexibility index (Phi) is 4.49. The van der Waals surface area contributed by atoms with Gasteiger partial charge in [-0.05, 0) is 24.5 Å². The zero-order valence-corrected chi connectivity index (χ0v) is 12.9. The van der Waals surface area contributed by atoms with Gasteiger partial charge in [-0.15, -0.1) is 0 Å². The second-order valence-corrected chi connectivity index (χ2v) is 6.05. The Hall–Kier alpha value is -1.34. The summed E-state index contributed by atoms with van der Waals surface area (Å²) >= 11 is 1.46. The Balaban J connectivity index is 2.29. The van der Waals surface area contributed by atoms with E-state index in [1.54, 1.807) is 6.33 Å². The van der Waals surface area contributed by atoms with Crippen molar-refractivity contribution in [3.63, 3.8) is 0 Å². The van der Waals surface area contributed by atoms with E-state index in [2.05, 4.69) is 28.8 Å². The van der Waals surface area contributed by atoms with Crippen molar-refractivity contribution in [2.75, 3.05) is 18.6 Å². The van der Waals surface area contributed by atoms with Gasteiger partial charge in [0.25, 0.3) is 0 Å². The fourth-order valence-corrected chi connectivity index (χ4v) is 2.33. The van der Waals surface area contributed by atoms with Crippen LogP contribution < -0.4 is 5.73 Å². The van der Waals surface area contributed by atoms with Gasteiger partial charge in [0.1, 0.15) is 5.52 Å². The molecule has 0 radical (unpaired) electrons.